The average Bonchev–Trinajstić information content (AvgIpc) is 2.73. The normalized spacial score (nSPS) is 12.3. The van der Waals surface area contributed by atoms with E-state index in [2.05, 4.69) is 20.6 Å². The summed E-state index contributed by atoms with van der Waals surface area (Å²) < 4.78 is 11.1. The number of benzene rings is 1. The van der Waals surface area contributed by atoms with Gasteiger partial charge in [0.1, 0.15) is 13.2 Å². The third-order valence-corrected chi connectivity index (χ3v) is 3.99. The van der Waals surface area contributed by atoms with Crippen molar-refractivity contribution in [2.24, 2.45) is 0 Å². The van der Waals surface area contributed by atoms with Gasteiger partial charge >= 0.3 is 0 Å². The van der Waals surface area contributed by atoms with Crippen LogP contribution in [0.2, 0.25) is 0 Å². The van der Waals surface area contributed by atoms with Crippen molar-refractivity contribution in [1.82, 2.24) is 15.3 Å². The highest BCUT2D eigenvalue weighted by Gasteiger charge is 2.12. The van der Waals surface area contributed by atoms with Crippen LogP contribution >= 0.6 is 0 Å². The summed E-state index contributed by atoms with van der Waals surface area (Å²) in [6.07, 6.45) is 4.88. The van der Waals surface area contributed by atoms with Crippen molar-refractivity contribution < 1.29 is 14.3 Å². The number of aromatic nitrogens is 2. The lowest BCUT2D eigenvalue weighted by Gasteiger charge is -2.19. The monoisotopic (exact) mass is 362 g/mol. The lowest BCUT2D eigenvalue weighted by molar-refractivity contribution is 0.0950. The average molecular weight is 362 g/mol. The minimum atomic E-state index is -0.209. The van der Waals surface area contributed by atoms with Crippen LogP contribution in [0.3, 0.4) is 0 Å². The van der Waals surface area contributed by atoms with E-state index in [1.807, 2.05) is 36.4 Å². The smallest absolute Gasteiger partial charge is 0.253 e. The van der Waals surface area contributed by atoms with Crippen LogP contribution in [0.25, 0.3) is 0 Å². The molecule has 3 aromatic rings. The minimum Gasteiger partial charge on any atom is -0.486 e. The van der Waals surface area contributed by atoms with Crippen molar-refractivity contribution in [1.29, 1.82) is 0 Å². The molecule has 0 saturated heterocycles. The number of nitrogens with one attached hydrogen (secondary N) is 2. The Balaban J connectivity index is 1.43. The van der Waals surface area contributed by atoms with Crippen LogP contribution in [0, 0.1) is 0 Å². The molecule has 0 saturated carbocycles. The number of carbonyl (C=O) groups excluding carboxylic acids is 1. The zero-order valence-electron chi connectivity index (χ0n) is 14.5. The summed E-state index contributed by atoms with van der Waals surface area (Å²) in [4.78, 5) is 20.7. The van der Waals surface area contributed by atoms with Crippen molar-refractivity contribution in [3.8, 4) is 11.5 Å². The van der Waals surface area contributed by atoms with E-state index in [4.69, 9.17) is 9.47 Å². The Bertz CT molecular complexity index is 947. The van der Waals surface area contributed by atoms with Gasteiger partial charge in [-0.05, 0) is 30.3 Å². The van der Waals surface area contributed by atoms with E-state index < -0.39 is 0 Å². The zero-order chi connectivity index (χ0) is 18.5. The largest absolute Gasteiger partial charge is 0.486 e. The quantitative estimate of drug-likeness (QED) is 0.726. The standard InChI is InChI=1S/C20H18N4O3/c25-20(23-13-16-3-1-2-6-22-16)14-9-17(12-21-11-14)24-15-4-5-18-19(10-15)27-8-7-26-18/h1-6,9-12,24H,7-8,13H2,(H,23,25). The molecular weight excluding hydrogens is 344 g/mol. The van der Waals surface area contributed by atoms with Gasteiger partial charge in [-0.1, -0.05) is 6.07 Å². The van der Waals surface area contributed by atoms with Gasteiger partial charge in [-0.15, -0.1) is 0 Å². The molecule has 1 aromatic carbocycles. The third-order valence-electron chi connectivity index (χ3n) is 3.99. The fraction of sp³-hybridized carbons (Fsp3) is 0.150. The second-order valence-electron chi connectivity index (χ2n) is 5.95. The van der Waals surface area contributed by atoms with Gasteiger partial charge in [0.15, 0.2) is 11.5 Å². The van der Waals surface area contributed by atoms with E-state index in [1.54, 1.807) is 18.5 Å². The fourth-order valence-electron chi connectivity index (χ4n) is 2.70. The summed E-state index contributed by atoms with van der Waals surface area (Å²) in [6, 6.07) is 12.9. The molecule has 0 spiro atoms. The molecule has 0 radical (unpaired) electrons. The predicted molar refractivity (Wildman–Crippen MR) is 100 cm³/mol. The SMILES string of the molecule is O=C(NCc1ccccn1)c1cncc(Nc2ccc3c(c2)OCCO3)c1. The molecule has 0 bridgehead atoms. The first-order valence-corrected chi connectivity index (χ1v) is 8.58. The predicted octanol–water partition coefficient (Wildman–Crippen LogP) is 2.92. The highest BCUT2D eigenvalue weighted by Crippen LogP contribution is 2.33. The number of anilines is 2. The molecule has 0 aliphatic carbocycles. The second kappa shape index (κ2) is 7.74. The number of hydrogen-bond acceptors (Lipinski definition) is 6. The summed E-state index contributed by atoms with van der Waals surface area (Å²) in [5, 5.41) is 6.07. The van der Waals surface area contributed by atoms with Gasteiger partial charge < -0.3 is 20.1 Å². The third kappa shape index (κ3) is 4.14. The lowest BCUT2D eigenvalue weighted by Crippen LogP contribution is -2.23. The number of amides is 1. The first-order chi connectivity index (χ1) is 13.3. The fourth-order valence-corrected chi connectivity index (χ4v) is 2.70. The molecule has 0 atom stereocenters. The Morgan fingerprint density at radius 1 is 1.00 bits per heavy atom. The van der Waals surface area contributed by atoms with E-state index in [0.717, 1.165) is 17.1 Å². The topological polar surface area (TPSA) is 85.4 Å². The van der Waals surface area contributed by atoms with Crippen molar-refractivity contribution in [3.05, 3.63) is 72.3 Å². The van der Waals surface area contributed by atoms with Crippen LogP contribution in [0.4, 0.5) is 11.4 Å². The number of hydrogen-bond donors (Lipinski definition) is 2. The zero-order valence-corrected chi connectivity index (χ0v) is 14.5. The van der Waals surface area contributed by atoms with Crippen molar-refractivity contribution >= 4 is 17.3 Å². The Morgan fingerprint density at radius 2 is 1.89 bits per heavy atom. The van der Waals surface area contributed by atoms with Gasteiger partial charge in [0, 0.05) is 24.1 Å². The second-order valence-corrected chi connectivity index (χ2v) is 5.95. The summed E-state index contributed by atoms with van der Waals surface area (Å²) in [7, 11) is 0. The molecule has 1 amide bonds. The molecule has 7 heteroatoms. The molecule has 3 heterocycles. The van der Waals surface area contributed by atoms with E-state index in [-0.39, 0.29) is 5.91 Å². The number of carbonyl (C=O) groups is 1. The van der Waals surface area contributed by atoms with Crippen molar-refractivity contribution in [3.63, 3.8) is 0 Å². The Morgan fingerprint density at radius 3 is 2.74 bits per heavy atom. The van der Waals surface area contributed by atoms with Gasteiger partial charge in [-0.3, -0.25) is 14.8 Å². The van der Waals surface area contributed by atoms with Crippen LogP contribution in [0.1, 0.15) is 16.1 Å². The van der Waals surface area contributed by atoms with Crippen LogP contribution < -0.4 is 20.1 Å². The molecule has 0 fully saturated rings. The molecule has 136 valence electrons. The first-order valence-electron chi connectivity index (χ1n) is 8.58. The lowest BCUT2D eigenvalue weighted by atomic mass is 10.2. The van der Waals surface area contributed by atoms with Gasteiger partial charge in [0.2, 0.25) is 0 Å². The van der Waals surface area contributed by atoms with E-state index in [9.17, 15) is 4.79 Å². The highest BCUT2D eigenvalue weighted by atomic mass is 16.6. The van der Waals surface area contributed by atoms with Gasteiger partial charge in [0.25, 0.3) is 5.91 Å². The van der Waals surface area contributed by atoms with Gasteiger partial charge in [-0.2, -0.15) is 0 Å². The number of rotatable bonds is 5. The maximum absolute atomic E-state index is 12.4. The number of nitrogens with zero attached hydrogens (tertiary/aromatic N) is 2. The number of pyridine rings is 2. The molecule has 27 heavy (non-hydrogen) atoms. The van der Waals surface area contributed by atoms with Crippen LogP contribution in [0.15, 0.2) is 61.1 Å². The van der Waals surface area contributed by atoms with E-state index in [0.29, 0.717) is 36.8 Å². The van der Waals surface area contributed by atoms with E-state index in [1.165, 1.54) is 6.20 Å². The number of fused-ring (bicyclic) bond motifs is 1. The highest BCUT2D eigenvalue weighted by molar-refractivity contribution is 5.94. The maximum Gasteiger partial charge on any atom is 0.253 e. The molecule has 0 unspecified atom stereocenters. The Hall–Kier alpha value is -3.61. The number of ether oxygens (including phenoxy) is 2. The summed E-state index contributed by atoms with van der Waals surface area (Å²) in [5.74, 6) is 1.22. The molecule has 1 aliphatic rings. The summed E-state index contributed by atoms with van der Waals surface area (Å²) in [5.41, 5.74) is 2.79. The maximum atomic E-state index is 12.4. The molecule has 2 N–H and O–H groups in total. The molecular formula is C20H18N4O3. The van der Waals surface area contributed by atoms with Crippen LogP contribution in [-0.2, 0) is 6.54 Å². The molecule has 7 nitrogen and oxygen atoms in total. The van der Waals surface area contributed by atoms with Crippen molar-refractivity contribution in [2.75, 3.05) is 18.5 Å². The summed E-state index contributed by atoms with van der Waals surface area (Å²) in [6.45, 7) is 1.45. The Kier molecular flexibility index (Phi) is 4.82. The summed E-state index contributed by atoms with van der Waals surface area (Å²) >= 11 is 0. The Labute approximate surface area is 156 Å². The van der Waals surface area contributed by atoms with Gasteiger partial charge in [-0.25, -0.2) is 0 Å². The van der Waals surface area contributed by atoms with Crippen LogP contribution in [0.5, 0.6) is 11.5 Å². The minimum absolute atomic E-state index is 0.209. The molecule has 2 aromatic heterocycles. The molecule has 1 aliphatic heterocycles. The van der Waals surface area contributed by atoms with Gasteiger partial charge in [0.05, 0.1) is 29.7 Å². The van der Waals surface area contributed by atoms with Crippen LogP contribution in [-0.4, -0.2) is 29.1 Å². The molecule has 4 rings (SSSR count). The van der Waals surface area contributed by atoms with E-state index >= 15 is 0 Å². The first kappa shape index (κ1) is 16.8. The van der Waals surface area contributed by atoms with Crippen molar-refractivity contribution in [2.45, 2.75) is 6.54 Å².